The summed E-state index contributed by atoms with van der Waals surface area (Å²) < 4.78 is 5.37. The van der Waals surface area contributed by atoms with E-state index >= 15 is 0 Å². The van der Waals surface area contributed by atoms with Gasteiger partial charge < -0.3 is 15.6 Å². The Morgan fingerprint density at radius 1 is 1.35 bits per heavy atom. The predicted octanol–water partition coefficient (Wildman–Crippen LogP) is 3.93. The summed E-state index contributed by atoms with van der Waals surface area (Å²) in [6.45, 7) is 1.91. The molecule has 0 saturated heterocycles. The standard InChI is InChI=1S/C21H26N2O3/c1-14(22)18-6-5-16-4-3-15(13-19(16)23-18)7-10-21(20(24)25)11-8-17(26-2)9-12-21/h3-7,10,13-14,17H,8-9,11-12,22H2,1-2H3,(H,24,25)/b10-7+/t14-,17-,21-/m1/s1. The lowest BCUT2D eigenvalue weighted by molar-refractivity contribution is -0.148. The molecule has 0 amide bonds. The third-order valence-electron chi connectivity index (χ3n) is 5.38. The third-order valence-corrected chi connectivity index (χ3v) is 5.38. The number of carboxylic acids is 1. The SMILES string of the molecule is CO[C@H]1CC[C@](/C=C/c2ccc3ccc([C@@H](C)N)nc3c2)(C(=O)O)CC1. The second kappa shape index (κ2) is 7.56. The van der Waals surface area contributed by atoms with Gasteiger partial charge >= 0.3 is 5.97 Å². The first kappa shape index (κ1) is 18.5. The molecule has 1 aromatic heterocycles. The van der Waals surface area contributed by atoms with Crippen LogP contribution in [-0.2, 0) is 9.53 Å². The number of pyridine rings is 1. The number of carboxylic acid groups (broad SMARTS) is 1. The Kier molecular flexibility index (Phi) is 5.39. The molecule has 5 nitrogen and oxygen atoms in total. The molecule has 26 heavy (non-hydrogen) atoms. The van der Waals surface area contributed by atoms with Crippen LogP contribution in [0.1, 0.15) is 49.9 Å². The zero-order chi connectivity index (χ0) is 18.7. The minimum absolute atomic E-state index is 0.121. The maximum atomic E-state index is 11.9. The van der Waals surface area contributed by atoms with Gasteiger partial charge in [0.2, 0.25) is 0 Å². The summed E-state index contributed by atoms with van der Waals surface area (Å²) >= 11 is 0. The topological polar surface area (TPSA) is 85.4 Å². The number of benzene rings is 1. The minimum Gasteiger partial charge on any atom is -0.481 e. The molecule has 2 aromatic rings. The van der Waals surface area contributed by atoms with Gasteiger partial charge in [-0.3, -0.25) is 9.78 Å². The van der Waals surface area contributed by atoms with Crippen molar-refractivity contribution in [2.75, 3.05) is 7.11 Å². The van der Waals surface area contributed by atoms with Gasteiger partial charge in [-0.25, -0.2) is 0 Å². The fourth-order valence-corrected chi connectivity index (χ4v) is 3.56. The number of aliphatic carboxylic acids is 1. The lowest BCUT2D eigenvalue weighted by atomic mass is 9.72. The quantitative estimate of drug-likeness (QED) is 0.850. The minimum atomic E-state index is -0.814. The van der Waals surface area contributed by atoms with E-state index in [4.69, 9.17) is 10.5 Å². The van der Waals surface area contributed by atoms with E-state index in [2.05, 4.69) is 4.98 Å². The van der Waals surface area contributed by atoms with Gasteiger partial charge in [-0.05, 0) is 50.3 Å². The number of aromatic nitrogens is 1. The van der Waals surface area contributed by atoms with E-state index in [9.17, 15) is 9.90 Å². The molecule has 1 heterocycles. The first-order valence-electron chi connectivity index (χ1n) is 9.05. The molecule has 0 spiro atoms. The van der Waals surface area contributed by atoms with E-state index in [0.717, 1.165) is 35.0 Å². The summed E-state index contributed by atoms with van der Waals surface area (Å²) in [7, 11) is 1.69. The molecule has 3 rings (SSSR count). The molecule has 1 aliphatic carbocycles. The highest BCUT2D eigenvalue weighted by Crippen LogP contribution is 2.39. The summed E-state index contributed by atoms with van der Waals surface area (Å²) in [6.07, 6.45) is 6.64. The molecule has 1 fully saturated rings. The zero-order valence-electron chi connectivity index (χ0n) is 15.3. The number of nitrogens with two attached hydrogens (primary N) is 1. The molecule has 3 N–H and O–H groups in total. The summed E-state index contributed by atoms with van der Waals surface area (Å²) in [5.74, 6) is -0.763. The number of carbonyl (C=O) groups is 1. The Bertz CT molecular complexity index is 821. The Morgan fingerprint density at radius 3 is 2.65 bits per heavy atom. The molecule has 0 bridgehead atoms. The van der Waals surface area contributed by atoms with E-state index in [1.54, 1.807) is 7.11 Å². The average molecular weight is 354 g/mol. The van der Waals surface area contributed by atoms with Crippen LogP contribution in [0, 0.1) is 5.41 Å². The highest BCUT2D eigenvalue weighted by atomic mass is 16.5. The van der Waals surface area contributed by atoms with E-state index in [-0.39, 0.29) is 12.1 Å². The predicted molar refractivity (Wildman–Crippen MR) is 103 cm³/mol. The number of hydrogen-bond acceptors (Lipinski definition) is 4. The molecule has 1 saturated carbocycles. The third kappa shape index (κ3) is 3.79. The van der Waals surface area contributed by atoms with Crippen LogP contribution in [0.4, 0.5) is 0 Å². The lowest BCUT2D eigenvalue weighted by Gasteiger charge is -2.34. The van der Waals surface area contributed by atoms with Crippen LogP contribution in [0.15, 0.2) is 36.4 Å². The van der Waals surface area contributed by atoms with Crippen molar-refractivity contribution in [3.05, 3.63) is 47.7 Å². The van der Waals surface area contributed by atoms with Crippen molar-refractivity contribution in [3.8, 4) is 0 Å². The Hall–Kier alpha value is -2.24. The summed E-state index contributed by atoms with van der Waals surface area (Å²) in [6, 6.07) is 9.80. The summed E-state index contributed by atoms with van der Waals surface area (Å²) in [4.78, 5) is 16.5. The van der Waals surface area contributed by atoms with Crippen LogP contribution in [0.25, 0.3) is 17.0 Å². The normalized spacial score (nSPS) is 24.8. The van der Waals surface area contributed by atoms with E-state index in [1.807, 2.05) is 49.4 Å². The van der Waals surface area contributed by atoms with Gasteiger partial charge in [0.05, 0.1) is 22.7 Å². The molecule has 1 aliphatic rings. The van der Waals surface area contributed by atoms with Gasteiger partial charge in [0, 0.05) is 18.5 Å². The maximum absolute atomic E-state index is 11.9. The van der Waals surface area contributed by atoms with Crippen LogP contribution >= 0.6 is 0 Å². The molecule has 138 valence electrons. The highest BCUT2D eigenvalue weighted by molar-refractivity contribution is 5.83. The van der Waals surface area contributed by atoms with Crippen molar-refractivity contribution < 1.29 is 14.6 Å². The fourth-order valence-electron chi connectivity index (χ4n) is 3.56. The number of rotatable bonds is 5. The average Bonchev–Trinajstić information content (AvgIpc) is 2.65. The van der Waals surface area contributed by atoms with Gasteiger partial charge in [-0.1, -0.05) is 30.4 Å². The molecule has 1 aromatic carbocycles. The van der Waals surface area contributed by atoms with Crippen molar-refractivity contribution in [1.82, 2.24) is 4.98 Å². The second-order valence-corrected chi connectivity index (χ2v) is 7.21. The summed E-state index contributed by atoms with van der Waals surface area (Å²) in [5, 5.41) is 10.8. The number of fused-ring (bicyclic) bond motifs is 1. The van der Waals surface area contributed by atoms with Crippen LogP contribution < -0.4 is 5.73 Å². The van der Waals surface area contributed by atoms with Crippen molar-refractivity contribution in [2.24, 2.45) is 11.1 Å². The first-order valence-corrected chi connectivity index (χ1v) is 9.05. The van der Waals surface area contributed by atoms with Crippen molar-refractivity contribution in [3.63, 3.8) is 0 Å². The van der Waals surface area contributed by atoms with Crippen molar-refractivity contribution >= 4 is 22.9 Å². The van der Waals surface area contributed by atoms with Gasteiger partial charge in [0.15, 0.2) is 0 Å². The number of ether oxygens (including phenoxy) is 1. The maximum Gasteiger partial charge on any atom is 0.313 e. The van der Waals surface area contributed by atoms with E-state index < -0.39 is 11.4 Å². The lowest BCUT2D eigenvalue weighted by Crippen LogP contribution is -2.35. The van der Waals surface area contributed by atoms with E-state index in [1.165, 1.54) is 0 Å². The molecule has 5 heteroatoms. The molecular formula is C21H26N2O3. The molecular weight excluding hydrogens is 328 g/mol. The van der Waals surface area contributed by atoms with Crippen molar-refractivity contribution in [1.29, 1.82) is 0 Å². The Morgan fingerprint density at radius 2 is 2.04 bits per heavy atom. The Balaban J connectivity index is 1.87. The van der Waals surface area contributed by atoms with Gasteiger partial charge in [0.25, 0.3) is 0 Å². The van der Waals surface area contributed by atoms with Gasteiger partial charge in [0.1, 0.15) is 0 Å². The molecule has 1 atom stereocenters. The van der Waals surface area contributed by atoms with Crippen LogP contribution in [-0.4, -0.2) is 29.3 Å². The van der Waals surface area contributed by atoms with E-state index in [0.29, 0.717) is 12.8 Å². The van der Waals surface area contributed by atoms with Crippen LogP contribution in [0.2, 0.25) is 0 Å². The fraction of sp³-hybridized carbons (Fsp3) is 0.429. The van der Waals surface area contributed by atoms with Crippen LogP contribution in [0.3, 0.4) is 0 Å². The molecule has 0 aliphatic heterocycles. The molecule has 0 unspecified atom stereocenters. The van der Waals surface area contributed by atoms with Crippen molar-refractivity contribution in [2.45, 2.75) is 44.8 Å². The highest BCUT2D eigenvalue weighted by Gasteiger charge is 2.39. The number of methoxy groups -OCH3 is 1. The second-order valence-electron chi connectivity index (χ2n) is 7.21. The van der Waals surface area contributed by atoms with Gasteiger partial charge in [-0.15, -0.1) is 0 Å². The summed E-state index contributed by atoms with van der Waals surface area (Å²) in [5.41, 5.74) is 7.77. The number of nitrogens with zero attached hydrogens (tertiary/aromatic N) is 1. The monoisotopic (exact) mass is 354 g/mol. The first-order chi connectivity index (χ1) is 12.4. The van der Waals surface area contributed by atoms with Gasteiger partial charge in [-0.2, -0.15) is 0 Å². The molecule has 0 radical (unpaired) electrons. The van der Waals surface area contributed by atoms with Crippen LogP contribution in [0.5, 0.6) is 0 Å². The zero-order valence-corrected chi connectivity index (χ0v) is 15.3. The Labute approximate surface area is 153 Å². The largest absolute Gasteiger partial charge is 0.481 e. The smallest absolute Gasteiger partial charge is 0.313 e. The number of hydrogen-bond donors (Lipinski definition) is 2.